The lowest BCUT2D eigenvalue weighted by atomic mass is 9.94. The minimum atomic E-state index is -0.195. The molecule has 21 heavy (non-hydrogen) atoms. The highest BCUT2D eigenvalue weighted by molar-refractivity contribution is 7.99. The van der Waals surface area contributed by atoms with Crippen LogP contribution in [0.5, 0.6) is 0 Å². The molecule has 2 aromatic rings. The smallest absolute Gasteiger partial charge is 0.263 e. The number of ether oxygens (including phenoxy) is 1. The molecule has 2 aliphatic rings. The summed E-state index contributed by atoms with van der Waals surface area (Å²) >= 11 is 3.34. The normalized spacial score (nSPS) is 20.9. The van der Waals surface area contributed by atoms with Gasteiger partial charge in [0.05, 0.1) is 17.6 Å². The Kier molecular flexibility index (Phi) is 3.17. The van der Waals surface area contributed by atoms with Gasteiger partial charge in [-0.25, -0.2) is 4.98 Å². The van der Waals surface area contributed by atoms with Crippen molar-refractivity contribution in [1.29, 1.82) is 0 Å². The molecule has 2 aromatic heterocycles. The van der Waals surface area contributed by atoms with Crippen molar-refractivity contribution in [3.63, 3.8) is 0 Å². The number of hydrogen-bond acceptors (Lipinski definition) is 5. The fourth-order valence-corrected chi connectivity index (χ4v) is 5.22. The van der Waals surface area contributed by atoms with Crippen molar-refractivity contribution in [3.8, 4) is 0 Å². The molecule has 0 saturated heterocycles. The lowest BCUT2D eigenvalue weighted by Crippen LogP contribution is -2.32. The van der Waals surface area contributed by atoms with Gasteiger partial charge in [0.25, 0.3) is 5.56 Å². The zero-order valence-corrected chi connectivity index (χ0v) is 13.9. The maximum absolute atomic E-state index is 12.9. The fraction of sp³-hybridized carbons (Fsp3) is 0.600. The van der Waals surface area contributed by atoms with Gasteiger partial charge in [0, 0.05) is 23.6 Å². The van der Waals surface area contributed by atoms with Crippen LogP contribution in [-0.4, -0.2) is 20.9 Å². The van der Waals surface area contributed by atoms with Crippen LogP contribution >= 0.6 is 23.1 Å². The molecule has 0 saturated carbocycles. The van der Waals surface area contributed by atoms with Gasteiger partial charge < -0.3 is 4.74 Å². The Hall–Kier alpha value is -0.850. The highest BCUT2D eigenvalue weighted by atomic mass is 32.2. The van der Waals surface area contributed by atoms with Crippen molar-refractivity contribution in [2.75, 3.05) is 5.75 Å². The summed E-state index contributed by atoms with van der Waals surface area (Å²) in [6.45, 7) is 5.58. The number of aromatic nitrogens is 2. The van der Waals surface area contributed by atoms with Crippen molar-refractivity contribution in [3.05, 3.63) is 20.8 Å². The second kappa shape index (κ2) is 4.83. The van der Waals surface area contributed by atoms with Crippen LogP contribution in [0.1, 0.15) is 37.1 Å². The maximum Gasteiger partial charge on any atom is 0.263 e. The van der Waals surface area contributed by atoms with Crippen LogP contribution in [-0.2, 0) is 24.3 Å². The minimum absolute atomic E-state index is 0.152. The highest BCUT2D eigenvalue weighted by Gasteiger charge is 2.31. The van der Waals surface area contributed by atoms with Crippen LogP contribution in [0.4, 0.5) is 0 Å². The van der Waals surface area contributed by atoms with Gasteiger partial charge in [-0.1, -0.05) is 11.8 Å². The van der Waals surface area contributed by atoms with Crippen LogP contribution in [0.2, 0.25) is 0 Å². The van der Waals surface area contributed by atoms with Crippen molar-refractivity contribution in [2.24, 2.45) is 0 Å². The molecule has 0 unspecified atom stereocenters. The van der Waals surface area contributed by atoms with E-state index in [4.69, 9.17) is 9.72 Å². The summed E-state index contributed by atoms with van der Waals surface area (Å²) in [5.41, 5.74) is 1.13. The number of thiophene rings is 1. The molecule has 4 heterocycles. The van der Waals surface area contributed by atoms with Gasteiger partial charge in [-0.2, -0.15) is 0 Å². The van der Waals surface area contributed by atoms with E-state index in [9.17, 15) is 4.79 Å². The molecular weight excluding hydrogens is 304 g/mol. The minimum Gasteiger partial charge on any atom is -0.370 e. The van der Waals surface area contributed by atoms with Crippen LogP contribution in [0.3, 0.4) is 0 Å². The van der Waals surface area contributed by atoms with Crippen molar-refractivity contribution < 1.29 is 4.74 Å². The summed E-state index contributed by atoms with van der Waals surface area (Å²) in [6.07, 6.45) is 3.01. The molecule has 0 aliphatic carbocycles. The molecule has 4 nitrogen and oxygen atoms in total. The third-order valence-corrected chi connectivity index (χ3v) is 6.33. The van der Waals surface area contributed by atoms with E-state index in [-0.39, 0.29) is 11.2 Å². The van der Waals surface area contributed by atoms with Gasteiger partial charge in [0.1, 0.15) is 4.83 Å². The summed E-state index contributed by atoms with van der Waals surface area (Å²) in [5, 5.41) is 1.74. The molecule has 0 amide bonds. The monoisotopic (exact) mass is 322 g/mol. The molecule has 0 atom stereocenters. The zero-order chi connectivity index (χ0) is 14.6. The number of nitrogens with zero attached hydrogens (tertiary/aromatic N) is 2. The van der Waals surface area contributed by atoms with Gasteiger partial charge in [0.15, 0.2) is 5.16 Å². The van der Waals surface area contributed by atoms with E-state index in [0.29, 0.717) is 6.61 Å². The molecule has 0 N–H and O–H groups in total. The molecule has 0 aromatic carbocycles. The molecule has 6 heteroatoms. The third-order valence-electron chi connectivity index (χ3n) is 4.16. The van der Waals surface area contributed by atoms with Crippen LogP contribution in [0.25, 0.3) is 10.2 Å². The Morgan fingerprint density at radius 3 is 3.05 bits per heavy atom. The summed E-state index contributed by atoms with van der Waals surface area (Å²) in [7, 11) is 0. The molecule has 0 fully saturated rings. The van der Waals surface area contributed by atoms with E-state index in [0.717, 1.165) is 46.9 Å². The predicted molar refractivity (Wildman–Crippen MR) is 86.4 cm³/mol. The average Bonchev–Trinajstić information content (AvgIpc) is 2.62. The van der Waals surface area contributed by atoms with Crippen LogP contribution in [0, 0.1) is 0 Å². The van der Waals surface area contributed by atoms with Gasteiger partial charge in [-0.05, 0) is 32.3 Å². The predicted octanol–water partition coefficient (Wildman–Crippen LogP) is 3.20. The first kappa shape index (κ1) is 13.8. The first-order valence-corrected chi connectivity index (χ1v) is 9.17. The molecule has 0 spiro atoms. The van der Waals surface area contributed by atoms with Gasteiger partial charge in [0.2, 0.25) is 0 Å². The van der Waals surface area contributed by atoms with Crippen molar-refractivity contribution in [1.82, 2.24) is 9.55 Å². The molecule has 4 rings (SSSR count). The average molecular weight is 322 g/mol. The molecule has 0 radical (unpaired) electrons. The lowest BCUT2D eigenvalue weighted by Gasteiger charge is -2.29. The SMILES string of the molecule is CC1(C)Cc2c(sc3nc4n(c(=O)c23)CCCCS4)CO1. The first-order chi connectivity index (χ1) is 10.1. The quantitative estimate of drug-likeness (QED) is 0.699. The number of fused-ring (bicyclic) bond motifs is 4. The Balaban J connectivity index is 1.98. The Labute approximate surface area is 131 Å². The number of thioether (sulfide) groups is 1. The number of hydrogen-bond donors (Lipinski definition) is 0. The molecule has 0 bridgehead atoms. The lowest BCUT2D eigenvalue weighted by molar-refractivity contribution is -0.0379. The first-order valence-electron chi connectivity index (χ1n) is 7.37. The molecular formula is C15H18N2O2S2. The van der Waals surface area contributed by atoms with Crippen molar-refractivity contribution >= 4 is 33.3 Å². The summed E-state index contributed by atoms with van der Waals surface area (Å²) in [6, 6.07) is 0. The molecule has 112 valence electrons. The number of rotatable bonds is 0. The maximum atomic E-state index is 12.9. The summed E-state index contributed by atoms with van der Waals surface area (Å²) < 4.78 is 7.76. The second-order valence-electron chi connectivity index (χ2n) is 6.32. The summed E-state index contributed by atoms with van der Waals surface area (Å²) in [5.74, 6) is 1.05. The van der Waals surface area contributed by atoms with E-state index in [1.165, 1.54) is 10.4 Å². The second-order valence-corrected chi connectivity index (χ2v) is 8.46. The van der Waals surface area contributed by atoms with Crippen LogP contribution < -0.4 is 5.56 Å². The molecule has 2 aliphatic heterocycles. The van der Waals surface area contributed by atoms with E-state index in [1.54, 1.807) is 23.1 Å². The van der Waals surface area contributed by atoms with E-state index in [1.807, 2.05) is 4.57 Å². The van der Waals surface area contributed by atoms with Gasteiger partial charge in [-0.3, -0.25) is 9.36 Å². The summed E-state index contributed by atoms with van der Waals surface area (Å²) in [4.78, 5) is 19.8. The van der Waals surface area contributed by atoms with Crippen molar-refractivity contribution in [2.45, 2.75) is 57.0 Å². The van der Waals surface area contributed by atoms with E-state index < -0.39 is 0 Å². The zero-order valence-electron chi connectivity index (χ0n) is 12.3. The van der Waals surface area contributed by atoms with Gasteiger partial charge in [-0.15, -0.1) is 11.3 Å². The van der Waals surface area contributed by atoms with Gasteiger partial charge >= 0.3 is 0 Å². The Bertz CT molecular complexity index is 776. The van der Waals surface area contributed by atoms with Crippen LogP contribution in [0.15, 0.2) is 9.95 Å². The highest BCUT2D eigenvalue weighted by Crippen LogP contribution is 2.37. The van der Waals surface area contributed by atoms with E-state index >= 15 is 0 Å². The standard InChI is InChI=1S/C15H18N2O2S2/c1-15(2)7-9-10(8-19-15)21-12-11(9)13(18)17-5-3-4-6-20-14(17)16-12/h3-8H2,1-2H3. The topological polar surface area (TPSA) is 44.1 Å². The largest absolute Gasteiger partial charge is 0.370 e. The Morgan fingerprint density at radius 1 is 1.33 bits per heavy atom. The Morgan fingerprint density at radius 2 is 2.19 bits per heavy atom. The van der Waals surface area contributed by atoms with E-state index in [2.05, 4.69) is 13.8 Å². The fourth-order valence-electron chi connectivity index (χ4n) is 3.05. The third kappa shape index (κ3) is 2.24.